The lowest BCUT2D eigenvalue weighted by Gasteiger charge is -2.31. The minimum absolute atomic E-state index is 0.561. The van der Waals surface area contributed by atoms with Crippen LogP contribution in [0.5, 0.6) is 0 Å². The lowest BCUT2D eigenvalue weighted by molar-refractivity contribution is 0.0960. The van der Waals surface area contributed by atoms with Crippen LogP contribution in [0.3, 0.4) is 0 Å². The average Bonchev–Trinajstić information content (AvgIpc) is 2.59. The molecule has 1 aliphatic rings. The molecule has 0 spiro atoms. The number of nitrogens with zero attached hydrogens (tertiary/aromatic N) is 1. The summed E-state index contributed by atoms with van der Waals surface area (Å²) >= 11 is 0. The summed E-state index contributed by atoms with van der Waals surface area (Å²) in [7, 11) is 0. The lowest BCUT2D eigenvalue weighted by Crippen LogP contribution is -2.30. The number of ether oxygens (including phenoxy) is 1. The van der Waals surface area contributed by atoms with Gasteiger partial charge in [-0.2, -0.15) is 0 Å². The summed E-state index contributed by atoms with van der Waals surface area (Å²) in [5.41, 5.74) is 10.8. The molecule has 0 fully saturated rings. The van der Waals surface area contributed by atoms with Crippen LogP contribution in [0.1, 0.15) is 22.3 Å². The van der Waals surface area contributed by atoms with Crippen molar-refractivity contribution in [1.82, 2.24) is 4.90 Å². The van der Waals surface area contributed by atoms with E-state index in [0.717, 1.165) is 31.0 Å². The Labute approximate surface area is 132 Å². The van der Waals surface area contributed by atoms with E-state index in [9.17, 15) is 0 Å². The van der Waals surface area contributed by atoms with Gasteiger partial charge in [0.15, 0.2) is 5.88 Å². The zero-order chi connectivity index (χ0) is 15.4. The second-order valence-electron chi connectivity index (χ2n) is 5.65. The van der Waals surface area contributed by atoms with E-state index in [1.54, 1.807) is 0 Å². The summed E-state index contributed by atoms with van der Waals surface area (Å²) in [6.07, 6.45) is 1.02. The molecule has 0 aliphatic carbocycles. The van der Waals surface area contributed by atoms with E-state index in [0.29, 0.717) is 13.2 Å². The fourth-order valence-corrected chi connectivity index (χ4v) is 2.78. The third-order valence-electron chi connectivity index (χ3n) is 4.12. The van der Waals surface area contributed by atoms with Crippen LogP contribution < -0.4 is 5.73 Å². The van der Waals surface area contributed by atoms with E-state index in [4.69, 9.17) is 10.5 Å². The molecule has 3 heteroatoms. The Balaban J connectivity index is 1.62. The first-order valence-corrected chi connectivity index (χ1v) is 7.67. The zero-order valence-electron chi connectivity index (χ0n) is 12.8. The van der Waals surface area contributed by atoms with Gasteiger partial charge < -0.3 is 15.4 Å². The van der Waals surface area contributed by atoms with E-state index in [2.05, 4.69) is 41.8 Å². The van der Waals surface area contributed by atoms with Gasteiger partial charge >= 0.3 is 0 Å². The summed E-state index contributed by atoms with van der Waals surface area (Å²) in [4.78, 5) is 2.20. The topological polar surface area (TPSA) is 38.5 Å². The minimum Gasteiger partial charge on any atom is -0.475 e. The molecule has 2 aromatic rings. The summed E-state index contributed by atoms with van der Waals surface area (Å²) in [6, 6.07) is 16.7. The van der Waals surface area contributed by atoms with Crippen LogP contribution in [0.25, 0.3) is 0 Å². The van der Waals surface area contributed by atoms with Crippen molar-refractivity contribution in [3.63, 3.8) is 0 Å². The van der Waals surface area contributed by atoms with Crippen molar-refractivity contribution in [1.29, 1.82) is 0 Å². The van der Waals surface area contributed by atoms with Crippen molar-refractivity contribution in [2.75, 3.05) is 6.54 Å². The van der Waals surface area contributed by atoms with Gasteiger partial charge in [-0.1, -0.05) is 48.5 Å². The maximum absolute atomic E-state index is 5.85. The van der Waals surface area contributed by atoms with Crippen molar-refractivity contribution < 1.29 is 4.74 Å². The van der Waals surface area contributed by atoms with Gasteiger partial charge in [0.05, 0.1) is 0 Å². The maximum atomic E-state index is 5.85. The molecule has 3 rings (SSSR count). The van der Waals surface area contributed by atoms with Crippen molar-refractivity contribution >= 4 is 0 Å². The van der Waals surface area contributed by atoms with Gasteiger partial charge in [0.2, 0.25) is 0 Å². The molecule has 0 saturated carbocycles. The third kappa shape index (κ3) is 3.31. The van der Waals surface area contributed by atoms with Crippen LogP contribution in [0.15, 0.2) is 61.0 Å². The number of hydrogen-bond acceptors (Lipinski definition) is 3. The minimum atomic E-state index is 0.561. The van der Waals surface area contributed by atoms with Gasteiger partial charge in [-0.15, -0.1) is 0 Å². The van der Waals surface area contributed by atoms with Crippen LogP contribution in [-0.4, -0.2) is 11.4 Å². The second kappa shape index (κ2) is 6.67. The molecule has 0 unspecified atom stereocenters. The molecule has 22 heavy (non-hydrogen) atoms. The van der Waals surface area contributed by atoms with Gasteiger partial charge in [0, 0.05) is 19.6 Å². The molecule has 0 radical (unpaired) electrons. The Morgan fingerprint density at radius 3 is 2.68 bits per heavy atom. The highest BCUT2D eigenvalue weighted by molar-refractivity contribution is 5.34. The Morgan fingerprint density at radius 1 is 1.09 bits per heavy atom. The van der Waals surface area contributed by atoms with E-state index in [-0.39, 0.29) is 0 Å². The number of fused-ring (bicyclic) bond motifs is 1. The van der Waals surface area contributed by atoms with E-state index in [1.807, 2.05) is 18.2 Å². The molecule has 3 nitrogen and oxygen atoms in total. The van der Waals surface area contributed by atoms with Crippen molar-refractivity contribution in [2.45, 2.75) is 26.1 Å². The standard InChI is InChI=1S/C19H22N2O/c1-15(22-14-16-5-3-2-4-6-16)21-10-9-18-8-7-17(12-20)11-19(18)13-21/h2-8,11H,1,9-10,12-14,20H2. The Morgan fingerprint density at radius 2 is 1.91 bits per heavy atom. The Kier molecular flexibility index (Phi) is 4.45. The van der Waals surface area contributed by atoms with Crippen LogP contribution in [-0.2, 0) is 30.9 Å². The molecular formula is C19H22N2O. The van der Waals surface area contributed by atoms with Gasteiger partial charge in [0.1, 0.15) is 6.61 Å². The molecular weight excluding hydrogens is 272 g/mol. The second-order valence-corrected chi connectivity index (χ2v) is 5.65. The molecule has 2 N–H and O–H groups in total. The SMILES string of the molecule is C=C(OCc1ccccc1)N1CCc2ccc(CN)cc2C1. The molecule has 0 aromatic heterocycles. The first kappa shape index (κ1) is 14.7. The third-order valence-corrected chi connectivity index (χ3v) is 4.12. The highest BCUT2D eigenvalue weighted by Crippen LogP contribution is 2.23. The molecule has 2 aromatic carbocycles. The molecule has 0 atom stereocenters. The molecule has 1 heterocycles. The highest BCUT2D eigenvalue weighted by atomic mass is 16.5. The number of benzene rings is 2. The predicted molar refractivity (Wildman–Crippen MR) is 88.8 cm³/mol. The Bertz CT molecular complexity index is 652. The predicted octanol–water partition coefficient (Wildman–Crippen LogP) is 3.19. The zero-order valence-corrected chi connectivity index (χ0v) is 12.8. The summed E-state index contributed by atoms with van der Waals surface area (Å²) in [5.74, 6) is 0.743. The quantitative estimate of drug-likeness (QED) is 0.861. The first-order chi connectivity index (χ1) is 10.8. The van der Waals surface area contributed by atoms with Crippen LogP contribution in [0, 0.1) is 0 Å². The van der Waals surface area contributed by atoms with E-state index in [1.165, 1.54) is 16.7 Å². The first-order valence-electron chi connectivity index (χ1n) is 7.67. The normalized spacial score (nSPS) is 13.6. The largest absolute Gasteiger partial charge is 0.475 e. The monoisotopic (exact) mass is 294 g/mol. The smallest absolute Gasteiger partial charge is 0.182 e. The number of rotatable bonds is 5. The van der Waals surface area contributed by atoms with E-state index >= 15 is 0 Å². The summed E-state index contributed by atoms with van der Waals surface area (Å²) in [5, 5.41) is 0. The van der Waals surface area contributed by atoms with Crippen molar-refractivity contribution in [3.8, 4) is 0 Å². The van der Waals surface area contributed by atoms with Crippen molar-refractivity contribution in [2.24, 2.45) is 5.73 Å². The maximum Gasteiger partial charge on any atom is 0.182 e. The van der Waals surface area contributed by atoms with Crippen LogP contribution >= 0.6 is 0 Å². The average molecular weight is 294 g/mol. The van der Waals surface area contributed by atoms with Crippen LogP contribution in [0.4, 0.5) is 0 Å². The molecule has 0 bridgehead atoms. The summed E-state index contributed by atoms with van der Waals surface area (Å²) < 4.78 is 5.85. The molecule has 0 amide bonds. The highest BCUT2D eigenvalue weighted by Gasteiger charge is 2.18. The van der Waals surface area contributed by atoms with Gasteiger partial charge in [-0.3, -0.25) is 0 Å². The van der Waals surface area contributed by atoms with Crippen LogP contribution in [0.2, 0.25) is 0 Å². The fraction of sp³-hybridized carbons (Fsp3) is 0.263. The Hall–Kier alpha value is -2.26. The van der Waals surface area contributed by atoms with Gasteiger partial charge in [-0.25, -0.2) is 0 Å². The fourth-order valence-electron chi connectivity index (χ4n) is 2.78. The lowest BCUT2D eigenvalue weighted by atomic mass is 9.97. The molecule has 114 valence electrons. The number of nitrogens with two attached hydrogens (primary N) is 1. The summed E-state index contributed by atoms with van der Waals surface area (Å²) in [6.45, 7) is 7.02. The van der Waals surface area contributed by atoms with Crippen molar-refractivity contribution in [3.05, 3.63) is 83.2 Å². The molecule has 0 saturated heterocycles. The van der Waals surface area contributed by atoms with Gasteiger partial charge in [0.25, 0.3) is 0 Å². The van der Waals surface area contributed by atoms with Gasteiger partial charge in [-0.05, 0) is 35.3 Å². The molecule has 1 aliphatic heterocycles. The number of hydrogen-bond donors (Lipinski definition) is 1. The van der Waals surface area contributed by atoms with E-state index < -0.39 is 0 Å².